The summed E-state index contributed by atoms with van der Waals surface area (Å²) in [5, 5.41) is 6.85. The number of nitrogen functional groups attached to an aromatic ring is 1. The van der Waals surface area contributed by atoms with Gasteiger partial charge in [-0.1, -0.05) is 12.1 Å². The van der Waals surface area contributed by atoms with Crippen molar-refractivity contribution in [2.45, 2.75) is 35.1 Å². The van der Waals surface area contributed by atoms with E-state index in [2.05, 4.69) is 15.6 Å². The Bertz CT molecular complexity index is 1060. The molecule has 12 heteroatoms. The summed E-state index contributed by atoms with van der Waals surface area (Å²) in [6, 6.07) is 5.34. The van der Waals surface area contributed by atoms with Crippen molar-refractivity contribution in [2.75, 3.05) is 17.2 Å². The number of thioether (sulfide) groups is 1. The smallest absolute Gasteiger partial charge is 0.251 e. The number of thiazole rings is 1. The topological polar surface area (TPSA) is 161 Å². The van der Waals surface area contributed by atoms with Crippen LogP contribution in [0.15, 0.2) is 34.5 Å². The molecule has 1 fully saturated rings. The van der Waals surface area contributed by atoms with Gasteiger partial charge in [-0.05, 0) is 18.6 Å². The first-order valence-electron chi connectivity index (χ1n) is 9.49. The number of fused-ring (bicyclic) bond motifs is 1. The van der Waals surface area contributed by atoms with Crippen molar-refractivity contribution < 1.29 is 19.2 Å². The van der Waals surface area contributed by atoms with E-state index in [1.165, 1.54) is 28.0 Å². The molecule has 1 aromatic carbocycles. The zero-order valence-electron chi connectivity index (χ0n) is 16.2. The fourth-order valence-corrected chi connectivity index (χ4v) is 5.56. The highest BCUT2D eigenvalue weighted by molar-refractivity contribution is 7.99. The van der Waals surface area contributed by atoms with Crippen molar-refractivity contribution in [3.8, 4) is 0 Å². The molecule has 1 saturated heterocycles. The molecular formula is C19H20N6O4S2. The molecule has 3 atom stereocenters. The van der Waals surface area contributed by atoms with Crippen molar-refractivity contribution in [3.63, 3.8) is 0 Å². The molecule has 2 unspecified atom stereocenters. The Morgan fingerprint density at radius 1 is 1.29 bits per heavy atom. The van der Waals surface area contributed by atoms with E-state index < -0.39 is 35.1 Å². The van der Waals surface area contributed by atoms with Crippen LogP contribution in [0.4, 0.5) is 10.8 Å². The van der Waals surface area contributed by atoms with E-state index >= 15 is 0 Å². The van der Waals surface area contributed by atoms with E-state index in [-0.39, 0.29) is 18.9 Å². The van der Waals surface area contributed by atoms with Gasteiger partial charge >= 0.3 is 0 Å². The van der Waals surface area contributed by atoms with E-state index in [1.807, 2.05) is 12.1 Å². The molecule has 0 radical (unpaired) electrons. The first kappa shape index (κ1) is 21.1. The first-order chi connectivity index (χ1) is 14.8. The predicted molar refractivity (Wildman–Crippen MR) is 116 cm³/mol. The number of carbonyl (C=O) groups is 4. The third-order valence-corrected chi connectivity index (χ3v) is 7.06. The number of nitrogens with one attached hydrogen (secondary N) is 2. The van der Waals surface area contributed by atoms with Crippen molar-refractivity contribution in [1.29, 1.82) is 0 Å². The molecular weight excluding hydrogens is 440 g/mol. The Labute approximate surface area is 185 Å². The predicted octanol–water partition coefficient (Wildman–Crippen LogP) is 0.154. The molecule has 2 aromatic rings. The minimum absolute atomic E-state index is 0.215. The van der Waals surface area contributed by atoms with Crippen LogP contribution in [0.2, 0.25) is 0 Å². The second-order valence-electron chi connectivity index (χ2n) is 7.15. The number of benzene rings is 1. The maximum atomic E-state index is 13.6. The standard InChI is InChI=1S/C19H20N6O4S2/c20-13(26)7-25-11-3-1-2-4-12(11)31-16(10-8-30-19(21)23-10)15(18(25)29)24-17(28)9-5-6-14(27)22-9/h1-4,8-9,15-16H,5-7H2,(H2,20,26)(H2,21,23)(H,22,27)(H,24,28)/t9-,15?,16?/m0/s1. The van der Waals surface area contributed by atoms with Crippen molar-refractivity contribution >= 4 is 57.5 Å². The molecule has 2 aliphatic rings. The molecule has 0 aliphatic carbocycles. The van der Waals surface area contributed by atoms with Gasteiger partial charge in [0.2, 0.25) is 17.7 Å². The van der Waals surface area contributed by atoms with E-state index in [0.717, 1.165) is 4.90 Å². The van der Waals surface area contributed by atoms with Gasteiger partial charge in [-0.25, -0.2) is 4.98 Å². The molecule has 0 spiro atoms. The van der Waals surface area contributed by atoms with Crippen LogP contribution in [0.5, 0.6) is 0 Å². The molecule has 4 amide bonds. The summed E-state index contributed by atoms with van der Waals surface area (Å²) in [4.78, 5) is 56.1. The van der Waals surface area contributed by atoms with Crippen LogP contribution >= 0.6 is 23.1 Å². The molecule has 6 N–H and O–H groups in total. The second-order valence-corrected chi connectivity index (χ2v) is 9.23. The third kappa shape index (κ3) is 4.35. The molecule has 31 heavy (non-hydrogen) atoms. The van der Waals surface area contributed by atoms with Crippen molar-refractivity contribution in [2.24, 2.45) is 5.73 Å². The number of nitrogens with zero attached hydrogens (tertiary/aromatic N) is 2. The van der Waals surface area contributed by atoms with Gasteiger partial charge in [-0.2, -0.15) is 0 Å². The Morgan fingerprint density at radius 2 is 2.06 bits per heavy atom. The summed E-state index contributed by atoms with van der Waals surface area (Å²) in [6.45, 7) is -0.338. The van der Waals surface area contributed by atoms with Gasteiger partial charge in [-0.3, -0.25) is 19.2 Å². The lowest BCUT2D eigenvalue weighted by atomic mass is 10.1. The summed E-state index contributed by atoms with van der Waals surface area (Å²) in [5.74, 6) is -1.86. The van der Waals surface area contributed by atoms with Gasteiger partial charge < -0.3 is 27.0 Å². The summed E-state index contributed by atoms with van der Waals surface area (Å²) < 4.78 is 0. The Balaban J connectivity index is 1.74. The highest BCUT2D eigenvalue weighted by atomic mass is 32.2. The van der Waals surface area contributed by atoms with Crippen LogP contribution in [-0.4, -0.2) is 47.2 Å². The van der Waals surface area contributed by atoms with Crippen LogP contribution in [-0.2, 0) is 19.2 Å². The van der Waals surface area contributed by atoms with E-state index in [1.54, 1.807) is 17.5 Å². The van der Waals surface area contributed by atoms with Crippen LogP contribution in [0.1, 0.15) is 23.8 Å². The average Bonchev–Trinajstić information content (AvgIpc) is 3.34. The van der Waals surface area contributed by atoms with Crippen LogP contribution < -0.4 is 27.0 Å². The number of amides is 4. The van der Waals surface area contributed by atoms with Crippen LogP contribution in [0.25, 0.3) is 0 Å². The molecule has 10 nitrogen and oxygen atoms in total. The normalized spacial score (nSPS) is 23.1. The number of rotatable bonds is 5. The summed E-state index contributed by atoms with van der Waals surface area (Å²) >= 11 is 2.57. The number of carbonyl (C=O) groups excluding carboxylic acids is 4. The van der Waals surface area contributed by atoms with E-state index in [9.17, 15) is 19.2 Å². The van der Waals surface area contributed by atoms with Crippen molar-refractivity contribution in [3.05, 3.63) is 35.3 Å². The van der Waals surface area contributed by atoms with Gasteiger partial charge in [-0.15, -0.1) is 23.1 Å². The Hall–Kier alpha value is -3.12. The number of para-hydroxylation sites is 1. The summed E-state index contributed by atoms with van der Waals surface area (Å²) in [7, 11) is 0. The second kappa shape index (κ2) is 8.55. The number of hydrogen-bond donors (Lipinski definition) is 4. The zero-order chi connectivity index (χ0) is 22.1. The van der Waals surface area contributed by atoms with Gasteiger partial charge in [0.15, 0.2) is 5.13 Å². The summed E-state index contributed by atoms with van der Waals surface area (Å²) in [5.41, 5.74) is 12.3. The molecule has 162 valence electrons. The summed E-state index contributed by atoms with van der Waals surface area (Å²) in [6.07, 6.45) is 0.592. The highest BCUT2D eigenvalue weighted by Crippen LogP contribution is 2.46. The van der Waals surface area contributed by atoms with E-state index in [0.29, 0.717) is 22.9 Å². The molecule has 1 aromatic heterocycles. The maximum absolute atomic E-state index is 13.6. The number of nitrogens with two attached hydrogens (primary N) is 2. The fourth-order valence-electron chi connectivity index (χ4n) is 3.58. The average molecular weight is 461 g/mol. The Kier molecular flexibility index (Phi) is 5.83. The molecule has 3 heterocycles. The third-order valence-electron chi connectivity index (χ3n) is 5.00. The van der Waals surface area contributed by atoms with Crippen LogP contribution in [0.3, 0.4) is 0 Å². The lowest BCUT2D eigenvalue weighted by Gasteiger charge is -2.28. The molecule has 0 bridgehead atoms. The highest BCUT2D eigenvalue weighted by Gasteiger charge is 2.42. The molecule has 0 saturated carbocycles. The molecule has 2 aliphatic heterocycles. The lowest BCUT2D eigenvalue weighted by molar-refractivity contribution is -0.129. The SMILES string of the molecule is NC(=O)CN1C(=O)C(NC(=O)[C@@H]2CCC(=O)N2)C(c2csc(N)n2)Sc2ccccc21. The lowest BCUT2D eigenvalue weighted by Crippen LogP contribution is -2.55. The molecule has 4 rings (SSSR count). The maximum Gasteiger partial charge on any atom is 0.251 e. The fraction of sp³-hybridized carbons (Fsp3) is 0.316. The number of anilines is 2. The zero-order valence-corrected chi connectivity index (χ0v) is 17.9. The van der Waals surface area contributed by atoms with Gasteiger partial charge in [0.25, 0.3) is 5.91 Å². The van der Waals surface area contributed by atoms with Crippen molar-refractivity contribution in [1.82, 2.24) is 15.6 Å². The number of aromatic nitrogens is 1. The quantitative estimate of drug-likeness (QED) is 0.494. The number of primary amides is 1. The van der Waals surface area contributed by atoms with Gasteiger partial charge in [0, 0.05) is 16.7 Å². The monoisotopic (exact) mass is 460 g/mol. The van der Waals surface area contributed by atoms with Crippen LogP contribution in [0, 0.1) is 0 Å². The minimum atomic E-state index is -1.05. The van der Waals surface area contributed by atoms with Gasteiger partial charge in [0.1, 0.15) is 18.6 Å². The largest absolute Gasteiger partial charge is 0.375 e. The number of hydrogen-bond acceptors (Lipinski definition) is 8. The van der Waals surface area contributed by atoms with Gasteiger partial charge in [0.05, 0.1) is 16.6 Å². The Morgan fingerprint density at radius 3 is 2.71 bits per heavy atom. The first-order valence-corrected chi connectivity index (χ1v) is 11.3. The minimum Gasteiger partial charge on any atom is -0.375 e. The van der Waals surface area contributed by atoms with E-state index in [4.69, 9.17) is 11.5 Å².